The highest BCUT2D eigenvalue weighted by Crippen LogP contribution is 2.27. The van der Waals surface area contributed by atoms with Gasteiger partial charge in [0.1, 0.15) is 6.26 Å². The van der Waals surface area contributed by atoms with E-state index in [1.54, 1.807) is 42.7 Å². The van der Waals surface area contributed by atoms with Crippen LogP contribution in [0.25, 0.3) is 12.2 Å². The highest BCUT2D eigenvalue weighted by molar-refractivity contribution is 6.10. The topological polar surface area (TPSA) is 114 Å². The standard InChI is InChI=1S/C21H20O6.C3H5NO/c1-26-20-11-14(5-9-18(20)24)3-7-16(22)13-17(23)8-4-15-6-10-19(25)21(12-15)27-2;1-2-4-5-3-1/h3-12,24-25H,13H2,1-2H3;1,3-4H,2H2/b7-3+,8-4+;. The van der Waals surface area contributed by atoms with Crippen LogP contribution in [-0.2, 0) is 14.4 Å². The van der Waals surface area contributed by atoms with Crippen LogP contribution < -0.4 is 15.0 Å². The first kappa shape index (κ1) is 24.2. The first-order chi connectivity index (χ1) is 15.4. The average molecular weight is 439 g/mol. The van der Waals surface area contributed by atoms with Gasteiger partial charge in [0.2, 0.25) is 0 Å². The lowest BCUT2D eigenvalue weighted by atomic mass is 10.1. The van der Waals surface area contributed by atoms with Crippen LogP contribution in [0.15, 0.2) is 60.9 Å². The van der Waals surface area contributed by atoms with E-state index in [1.807, 2.05) is 6.08 Å². The molecule has 1 heterocycles. The molecule has 2 aromatic rings. The van der Waals surface area contributed by atoms with E-state index in [2.05, 4.69) is 10.3 Å². The fourth-order valence-corrected chi connectivity index (χ4v) is 2.50. The molecule has 32 heavy (non-hydrogen) atoms. The van der Waals surface area contributed by atoms with Gasteiger partial charge in [-0.25, -0.2) is 0 Å². The molecule has 8 nitrogen and oxygen atoms in total. The fraction of sp³-hybridized carbons (Fsp3) is 0.167. The molecule has 3 N–H and O–H groups in total. The Morgan fingerprint density at radius 2 is 1.44 bits per heavy atom. The third kappa shape index (κ3) is 8.00. The van der Waals surface area contributed by atoms with Crippen LogP contribution in [-0.4, -0.2) is 42.5 Å². The van der Waals surface area contributed by atoms with E-state index in [0.29, 0.717) is 22.6 Å². The van der Waals surface area contributed by atoms with Crippen LogP contribution in [0.5, 0.6) is 23.0 Å². The van der Waals surface area contributed by atoms with E-state index in [0.717, 1.165) is 6.54 Å². The SMILES string of the molecule is C1=CONC1.COc1cc(/C=C/C(=O)CC(=O)/C=C/c2ccc(O)c(OC)c2)ccc1O. The number of aromatic hydroxyl groups is 2. The number of rotatable bonds is 8. The zero-order valence-electron chi connectivity index (χ0n) is 17.8. The summed E-state index contributed by atoms with van der Waals surface area (Å²) >= 11 is 0. The van der Waals surface area contributed by atoms with Gasteiger partial charge in [-0.15, -0.1) is 0 Å². The van der Waals surface area contributed by atoms with Gasteiger partial charge in [-0.3, -0.25) is 9.59 Å². The largest absolute Gasteiger partial charge is 0.504 e. The van der Waals surface area contributed by atoms with Gasteiger partial charge in [0, 0.05) is 0 Å². The highest BCUT2D eigenvalue weighted by atomic mass is 16.6. The minimum atomic E-state index is -0.347. The molecule has 2 aromatic carbocycles. The Labute approximate surface area is 186 Å². The molecule has 0 aliphatic carbocycles. The van der Waals surface area contributed by atoms with E-state index in [4.69, 9.17) is 9.47 Å². The van der Waals surface area contributed by atoms with Gasteiger partial charge >= 0.3 is 0 Å². The Hall–Kier alpha value is -4.04. The summed E-state index contributed by atoms with van der Waals surface area (Å²) < 4.78 is 10.00. The van der Waals surface area contributed by atoms with Crippen molar-refractivity contribution >= 4 is 23.7 Å². The Balaban J connectivity index is 0.000000636. The number of carbonyl (C=O) groups is 2. The lowest BCUT2D eigenvalue weighted by Crippen LogP contribution is -2.02. The van der Waals surface area contributed by atoms with Crippen molar-refractivity contribution < 1.29 is 34.1 Å². The van der Waals surface area contributed by atoms with Crippen molar-refractivity contribution in [1.82, 2.24) is 5.48 Å². The van der Waals surface area contributed by atoms with E-state index >= 15 is 0 Å². The van der Waals surface area contributed by atoms with Crippen LogP contribution in [0.3, 0.4) is 0 Å². The third-order valence-corrected chi connectivity index (χ3v) is 4.13. The number of methoxy groups -OCH3 is 2. The normalized spacial score (nSPS) is 12.3. The summed E-state index contributed by atoms with van der Waals surface area (Å²) in [5.74, 6) is -0.0832. The molecule has 0 saturated carbocycles. The number of hydroxylamine groups is 1. The zero-order chi connectivity index (χ0) is 23.3. The van der Waals surface area contributed by atoms with Crippen molar-refractivity contribution in [2.75, 3.05) is 20.8 Å². The van der Waals surface area contributed by atoms with Crippen molar-refractivity contribution in [3.8, 4) is 23.0 Å². The molecule has 0 atom stereocenters. The van der Waals surface area contributed by atoms with E-state index < -0.39 is 0 Å². The lowest BCUT2D eigenvalue weighted by Gasteiger charge is -2.03. The molecule has 0 bridgehead atoms. The van der Waals surface area contributed by atoms with Gasteiger partial charge in [-0.05, 0) is 53.6 Å². The molecular formula is C24H25NO7. The predicted octanol–water partition coefficient (Wildman–Crippen LogP) is 3.40. The Bertz CT molecular complexity index is 946. The monoisotopic (exact) mass is 439 g/mol. The van der Waals surface area contributed by atoms with Crippen molar-refractivity contribution in [1.29, 1.82) is 0 Å². The molecule has 0 radical (unpaired) electrons. The number of hydrogen-bond donors (Lipinski definition) is 3. The third-order valence-electron chi connectivity index (χ3n) is 4.13. The number of nitrogens with one attached hydrogen (secondary N) is 1. The number of ketones is 2. The van der Waals surface area contributed by atoms with Crippen molar-refractivity contribution in [2.24, 2.45) is 0 Å². The molecule has 8 heteroatoms. The van der Waals surface area contributed by atoms with Crippen LogP contribution in [0.2, 0.25) is 0 Å². The van der Waals surface area contributed by atoms with Gasteiger partial charge < -0.3 is 24.5 Å². The molecule has 3 rings (SSSR count). The second-order valence-corrected chi connectivity index (χ2v) is 6.48. The first-order valence-electron chi connectivity index (χ1n) is 9.62. The average Bonchev–Trinajstić information content (AvgIpc) is 3.38. The van der Waals surface area contributed by atoms with E-state index in [-0.39, 0.29) is 29.5 Å². The molecular weight excluding hydrogens is 414 g/mol. The zero-order valence-corrected chi connectivity index (χ0v) is 17.8. The van der Waals surface area contributed by atoms with Crippen molar-refractivity contribution in [3.63, 3.8) is 0 Å². The number of hydrogen-bond acceptors (Lipinski definition) is 8. The van der Waals surface area contributed by atoms with Crippen molar-refractivity contribution in [3.05, 3.63) is 72.0 Å². The molecule has 1 aliphatic rings. The van der Waals surface area contributed by atoms with Gasteiger partial charge in [0.05, 0.1) is 27.2 Å². The summed E-state index contributed by atoms with van der Waals surface area (Å²) in [5.41, 5.74) is 3.94. The fourth-order valence-electron chi connectivity index (χ4n) is 2.50. The molecule has 168 valence electrons. The van der Waals surface area contributed by atoms with Crippen LogP contribution in [0.1, 0.15) is 17.5 Å². The van der Waals surface area contributed by atoms with Crippen molar-refractivity contribution in [2.45, 2.75) is 6.42 Å². The maximum atomic E-state index is 11.9. The molecule has 1 aliphatic heterocycles. The number of allylic oxidation sites excluding steroid dienone is 2. The highest BCUT2D eigenvalue weighted by Gasteiger charge is 2.06. The summed E-state index contributed by atoms with van der Waals surface area (Å²) in [6, 6.07) is 9.34. The van der Waals surface area contributed by atoms with E-state index in [1.165, 1.54) is 38.5 Å². The molecule has 0 unspecified atom stereocenters. The molecule has 0 amide bonds. The number of phenols is 2. The molecule has 0 spiro atoms. The molecule has 0 aromatic heterocycles. The molecule has 0 saturated heterocycles. The number of ether oxygens (including phenoxy) is 2. The van der Waals surface area contributed by atoms with Gasteiger partial charge in [0.25, 0.3) is 0 Å². The van der Waals surface area contributed by atoms with E-state index in [9.17, 15) is 19.8 Å². The van der Waals surface area contributed by atoms with Gasteiger partial charge in [-0.1, -0.05) is 24.3 Å². The van der Waals surface area contributed by atoms with Crippen LogP contribution in [0.4, 0.5) is 0 Å². The number of carbonyl (C=O) groups excluding carboxylic acids is 2. The minimum Gasteiger partial charge on any atom is -0.504 e. The Kier molecular flexibility index (Phi) is 9.55. The summed E-state index contributed by atoms with van der Waals surface area (Å²) in [6.07, 6.45) is 8.97. The Morgan fingerprint density at radius 1 is 0.938 bits per heavy atom. The van der Waals surface area contributed by atoms with Crippen LogP contribution >= 0.6 is 0 Å². The summed E-state index contributed by atoms with van der Waals surface area (Å²) in [5, 5.41) is 19.1. The maximum Gasteiger partial charge on any atom is 0.163 e. The predicted molar refractivity (Wildman–Crippen MR) is 120 cm³/mol. The maximum absolute atomic E-state index is 11.9. The summed E-state index contributed by atoms with van der Waals surface area (Å²) in [4.78, 5) is 28.4. The quantitative estimate of drug-likeness (QED) is 0.424. The number of benzene rings is 2. The second kappa shape index (κ2) is 12.6. The Morgan fingerprint density at radius 3 is 1.78 bits per heavy atom. The number of phenolic OH excluding ortho intramolecular Hbond substituents is 2. The van der Waals surface area contributed by atoms with Gasteiger partial charge in [0.15, 0.2) is 34.6 Å². The second-order valence-electron chi connectivity index (χ2n) is 6.48. The minimum absolute atomic E-state index is 0.00662. The van der Waals surface area contributed by atoms with Gasteiger partial charge in [-0.2, -0.15) is 5.48 Å². The summed E-state index contributed by atoms with van der Waals surface area (Å²) in [7, 11) is 2.87. The first-order valence-corrected chi connectivity index (χ1v) is 9.62. The molecule has 0 fully saturated rings. The smallest absolute Gasteiger partial charge is 0.163 e. The van der Waals surface area contributed by atoms with Crippen LogP contribution in [0, 0.1) is 0 Å². The lowest BCUT2D eigenvalue weighted by molar-refractivity contribution is -0.121. The summed E-state index contributed by atoms with van der Waals surface area (Å²) in [6.45, 7) is 0.847.